The zero-order chi connectivity index (χ0) is 9.14. The quantitative estimate of drug-likeness (QED) is 0.752. The van der Waals surface area contributed by atoms with Gasteiger partial charge in [-0.2, -0.15) is 0 Å². The molecule has 1 aromatic rings. The van der Waals surface area contributed by atoms with Gasteiger partial charge in [-0.15, -0.1) is 0 Å². The van der Waals surface area contributed by atoms with Crippen LogP contribution in [0.15, 0.2) is 16.7 Å². The third kappa shape index (κ3) is 1.89. The maximum Gasteiger partial charge on any atom is 0.101 e. The number of rotatable bonds is 3. The monoisotopic (exact) mass is 168 g/mol. The van der Waals surface area contributed by atoms with E-state index in [4.69, 9.17) is 4.42 Å². The van der Waals surface area contributed by atoms with Gasteiger partial charge in [-0.1, -0.05) is 20.3 Å². The normalized spacial score (nSPS) is 16.0. The maximum atomic E-state index is 9.74. The molecule has 0 saturated heterocycles. The highest BCUT2D eigenvalue weighted by Gasteiger charge is 2.15. The molecule has 2 nitrogen and oxygen atoms in total. The van der Waals surface area contributed by atoms with Gasteiger partial charge in [-0.25, -0.2) is 0 Å². The highest BCUT2D eigenvalue weighted by molar-refractivity contribution is 5.15. The van der Waals surface area contributed by atoms with E-state index in [9.17, 15) is 5.11 Å². The molecule has 1 N–H and O–H groups in total. The predicted octanol–water partition coefficient (Wildman–Crippen LogP) is 2.67. The minimum atomic E-state index is -0.382. The molecule has 2 unspecified atom stereocenters. The van der Waals surface area contributed by atoms with Crippen molar-refractivity contribution >= 4 is 0 Å². The van der Waals surface area contributed by atoms with Gasteiger partial charge in [0.05, 0.1) is 12.4 Å². The molecule has 0 saturated carbocycles. The SMILES string of the molecule is CCC(C)C(O)c1coc(C)c1. The highest BCUT2D eigenvalue weighted by Crippen LogP contribution is 2.25. The Labute approximate surface area is 73.2 Å². The number of hydrogen-bond donors (Lipinski definition) is 1. The van der Waals surface area contributed by atoms with E-state index in [0.29, 0.717) is 5.92 Å². The van der Waals surface area contributed by atoms with E-state index < -0.39 is 0 Å². The second kappa shape index (κ2) is 3.76. The zero-order valence-corrected chi connectivity index (χ0v) is 7.87. The van der Waals surface area contributed by atoms with E-state index in [1.807, 2.05) is 19.9 Å². The van der Waals surface area contributed by atoms with Crippen LogP contribution in [0.4, 0.5) is 0 Å². The van der Waals surface area contributed by atoms with Gasteiger partial charge in [-0.3, -0.25) is 0 Å². The van der Waals surface area contributed by atoms with Crippen molar-refractivity contribution in [1.82, 2.24) is 0 Å². The summed E-state index contributed by atoms with van der Waals surface area (Å²) in [6.45, 7) is 5.99. The van der Waals surface area contributed by atoms with Gasteiger partial charge in [0.15, 0.2) is 0 Å². The Morgan fingerprint density at radius 1 is 1.58 bits per heavy atom. The van der Waals surface area contributed by atoms with E-state index in [1.165, 1.54) is 0 Å². The number of aryl methyl sites for hydroxylation is 1. The molecule has 1 aromatic heterocycles. The Morgan fingerprint density at radius 2 is 2.25 bits per heavy atom. The standard InChI is InChI=1S/C10H16O2/c1-4-7(2)10(11)9-5-8(3)12-6-9/h5-7,10-11H,4H2,1-3H3. The Kier molecular flexibility index (Phi) is 2.93. The van der Waals surface area contributed by atoms with Crippen molar-refractivity contribution in [2.24, 2.45) is 5.92 Å². The fraction of sp³-hybridized carbons (Fsp3) is 0.600. The second-order valence-electron chi connectivity index (χ2n) is 3.32. The van der Waals surface area contributed by atoms with Gasteiger partial charge in [0, 0.05) is 5.56 Å². The molecule has 0 bridgehead atoms. The first kappa shape index (κ1) is 9.33. The summed E-state index contributed by atoms with van der Waals surface area (Å²) >= 11 is 0. The summed E-state index contributed by atoms with van der Waals surface area (Å²) in [4.78, 5) is 0. The summed E-state index contributed by atoms with van der Waals surface area (Å²) in [6.07, 6.45) is 2.23. The third-order valence-corrected chi connectivity index (χ3v) is 2.28. The van der Waals surface area contributed by atoms with Crippen molar-refractivity contribution in [2.75, 3.05) is 0 Å². The van der Waals surface area contributed by atoms with Crippen LogP contribution in [0.5, 0.6) is 0 Å². The lowest BCUT2D eigenvalue weighted by molar-refractivity contribution is 0.115. The predicted molar refractivity (Wildman–Crippen MR) is 47.9 cm³/mol. The van der Waals surface area contributed by atoms with Crippen molar-refractivity contribution < 1.29 is 9.52 Å². The topological polar surface area (TPSA) is 33.4 Å². The molecule has 2 heteroatoms. The van der Waals surface area contributed by atoms with Gasteiger partial charge in [0.2, 0.25) is 0 Å². The molecule has 1 heterocycles. The maximum absolute atomic E-state index is 9.74. The van der Waals surface area contributed by atoms with Crippen LogP contribution >= 0.6 is 0 Å². The largest absolute Gasteiger partial charge is 0.469 e. The van der Waals surface area contributed by atoms with Crippen molar-refractivity contribution in [1.29, 1.82) is 0 Å². The molecule has 0 spiro atoms. The molecule has 0 aliphatic heterocycles. The minimum Gasteiger partial charge on any atom is -0.469 e. The Balaban J connectivity index is 2.70. The summed E-state index contributed by atoms with van der Waals surface area (Å²) in [5.41, 5.74) is 0.891. The number of hydrogen-bond acceptors (Lipinski definition) is 2. The second-order valence-corrected chi connectivity index (χ2v) is 3.32. The summed E-state index contributed by atoms with van der Waals surface area (Å²) in [7, 11) is 0. The molecule has 12 heavy (non-hydrogen) atoms. The zero-order valence-electron chi connectivity index (χ0n) is 7.87. The van der Waals surface area contributed by atoms with Gasteiger partial charge in [0.1, 0.15) is 5.76 Å². The third-order valence-electron chi connectivity index (χ3n) is 2.28. The average Bonchev–Trinajstić information content (AvgIpc) is 2.49. The van der Waals surface area contributed by atoms with Gasteiger partial charge >= 0.3 is 0 Å². The Morgan fingerprint density at radius 3 is 2.67 bits per heavy atom. The molecule has 1 rings (SSSR count). The lowest BCUT2D eigenvalue weighted by Gasteiger charge is -2.14. The van der Waals surface area contributed by atoms with Crippen LogP contribution in [-0.4, -0.2) is 5.11 Å². The van der Waals surface area contributed by atoms with Crippen LogP contribution in [0.3, 0.4) is 0 Å². The van der Waals surface area contributed by atoms with Crippen LogP contribution in [-0.2, 0) is 0 Å². The molecule has 0 aliphatic carbocycles. The van der Waals surface area contributed by atoms with Crippen LogP contribution in [0, 0.1) is 12.8 Å². The molecule has 0 aromatic carbocycles. The summed E-state index contributed by atoms with van der Waals surface area (Å²) in [6, 6.07) is 1.89. The van der Waals surface area contributed by atoms with Crippen LogP contribution in [0.25, 0.3) is 0 Å². The molecule has 0 amide bonds. The van der Waals surface area contributed by atoms with Gasteiger partial charge in [0.25, 0.3) is 0 Å². The first-order valence-corrected chi connectivity index (χ1v) is 4.38. The van der Waals surface area contributed by atoms with Crippen molar-refractivity contribution in [3.05, 3.63) is 23.7 Å². The fourth-order valence-electron chi connectivity index (χ4n) is 1.17. The van der Waals surface area contributed by atoms with E-state index in [-0.39, 0.29) is 6.10 Å². The van der Waals surface area contributed by atoms with Crippen LogP contribution in [0.2, 0.25) is 0 Å². The molecule has 0 aliphatic rings. The van der Waals surface area contributed by atoms with Crippen molar-refractivity contribution in [2.45, 2.75) is 33.3 Å². The fourth-order valence-corrected chi connectivity index (χ4v) is 1.17. The van der Waals surface area contributed by atoms with Crippen LogP contribution < -0.4 is 0 Å². The number of furan rings is 1. The van der Waals surface area contributed by atoms with Gasteiger partial charge in [-0.05, 0) is 18.9 Å². The molecule has 2 atom stereocenters. The first-order chi connectivity index (χ1) is 5.65. The lowest BCUT2D eigenvalue weighted by atomic mass is 9.97. The van der Waals surface area contributed by atoms with Gasteiger partial charge < -0.3 is 9.52 Å². The summed E-state index contributed by atoms with van der Waals surface area (Å²) in [5.74, 6) is 1.15. The van der Waals surface area contributed by atoms with Crippen LogP contribution in [0.1, 0.15) is 37.7 Å². The number of aliphatic hydroxyl groups excluding tert-OH is 1. The molecular formula is C10H16O2. The number of aliphatic hydroxyl groups is 1. The van der Waals surface area contributed by atoms with E-state index in [0.717, 1.165) is 17.7 Å². The first-order valence-electron chi connectivity index (χ1n) is 4.38. The Hall–Kier alpha value is -0.760. The van der Waals surface area contributed by atoms with Crippen molar-refractivity contribution in [3.8, 4) is 0 Å². The molecule has 0 fully saturated rings. The average molecular weight is 168 g/mol. The summed E-state index contributed by atoms with van der Waals surface area (Å²) in [5, 5.41) is 9.74. The summed E-state index contributed by atoms with van der Waals surface area (Å²) < 4.78 is 5.12. The van der Waals surface area contributed by atoms with E-state index in [1.54, 1.807) is 6.26 Å². The molecular weight excluding hydrogens is 152 g/mol. The smallest absolute Gasteiger partial charge is 0.101 e. The van der Waals surface area contributed by atoms with Crippen molar-refractivity contribution in [3.63, 3.8) is 0 Å². The minimum absolute atomic E-state index is 0.294. The lowest BCUT2D eigenvalue weighted by Crippen LogP contribution is -2.06. The Bertz CT molecular complexity index is 240. The molecule has 0 radical (unpaired) electrons. The highest BCUT2D eigenvalue weighted by atomic mass is 16.3. The molecule has 68 valence electrons. The van der Waals surface area contributed by atoms with E-state index in [2.05, 4.69) is 6.92 Å². The van der Waals surface area contributed by atoms with E-state index >= 15 is 0 Å².